The van der Waals surface area contributed by atoms with Crippen LogP contribution in [0.3, 0.4) is 0 Å². The smallest absolute Gasteiger partial charge is 0.326 e. The van der Waals surface area contributed by atoms with Gasteiger partial charge in [-0.2, -0.15) is 13.2 Å². The van der Waals surface area contributed by atoms with Gasteiger partial charge in [-0.05, 0) is 61.1 Å². The molecule has 2 aliphatic heterocycles. The van der Waals surface area contributed by atoms with Gasteiger partial charge in [0.2, 0.25) is 5.91 Å². The molecule has 0 saturated heterocycles. The van der Waals surface area contributed by atoms with E-state index in [9.17, 15) is 27.6 Å². The van der Waals surface area contributed by atoms with E-state index in [0.29, 0.717) is 12.1 Å². The molecule has 0 bridgehead atoms. The van der Waals surface area contributed by atoms with Gasteiger partial charge in [0, 0.05) is 12.7 Å². The van der Waals surface area contributed by atoms with Crippen LogP contribution in [0.5, 0.6) is 0 Å². The predicted molar refractivity (Wildman–Crippen MR) is 137 cm³/mol. The molecule has 2 aromatic rings. The molecule has 7 nitrogen and oxygen atoms in total. The number of urea groups is 1. The van der Waals surface area contributed by atoms with Crippen LogP contribution in [0.2, 0.25) is 0 Å². The van der Waals surface area contributed by atoms with Gasteiger partial charge in [-0.1, -0.05) is 38.1 Å². The van der Waals surface area contributed by atoms with Gasteiger partial charge in [-0.3, -0.25) is 14.5 Å². The van der Waals surface area contributed by atoms with E-state index < -0.39 is 41.7 Å². The van der Waals surface area contributed by atoms with Crippen molar-refractivity contribution in [1.29, 1.82) is 0 Å². The summed E-state index contributed by atoms with van der Waals surface area (Å²) in [5.74, 6) is -0.936. The molecule has 2 aromatic carbocycles. The first kappa shape index (κ1) is 27.2. The van der Waals surface area contributed by atoms with E-state index in [4.69, 9.17) is 0 Å². The summed E-state index contributed by atoms with van der Waals surface area (Å²) in [6.07, 6.45) is -4.35. The lowest BCUT2D eigenvalue weighted by Gasteiger charge is -2.32. The summed E-state index contributed by atoms with van der Waals surface area (Å²) in [5.41, 5.74) is 1.82. The van der Waals surface area contributed by atoms with E-state index in [-0.39, 0.29) is 29.3 Å². The first-order valence-electron chi connectivity index (χ1n) is 12.4. The lowest BCUT2D eigenvalue weighted by Crippen LogP contribution is -2.47. The van der Waals surface area contributed by atoms with Crippen LogP contribution in [-0.2, 0) is 15.8 Å². The highest BCUT2D eigenvalue weighted by Gasteiger charge is 2.48. The fourth-order valence-corrected chi connectivity index (χ4v) is 4.95. The third-order valence-corrected chi connectivity index (χ3v) is 7.11. The number of alkyl halides is 3. The third-order valence-electron chi connectivity index (χ3n) is 7.11. The largest absolute Gasteiger partial charge is 0.416 e. The van der Waals surface area contributed by atoms with E-state index in [1.54, 1.807) is 6.07 Å². The third kappa shape index (κ3) is 5.12. The molecule has 0 aromatic heterocycles. The average Bonchev–Trinajstić information content (AvgIpc) is 3.18. The Morgan fingerprint density at radius 1 is 1.11 bits per heavy atom. The Kier molecular flexibility index (Phi) is 7.27. The molecule has 0 radical (unpaired) electrons. The maximum absolute atomic E-state index is 13.8. The fraction of sp³-hybridized carbons (Fsp3) is 0.393. The van der Waals surface area contributed by atoms with Crippen LogP contribution in [0.1, 0.15) is 48.6 Å². The highest BCUT2D eigenvalue weighted by Crippen LogP contribution is 2.42. The second-order valence-electron chi connectivity index (χ2n) is 10.3. The zero-order chi connectivity index (χ0) is 27.9. The van der Waals surface area contributed by atoms with Gasteiger partial charge in [-0.15, -0.1) is 0 Å². The van der Waals surface area contributed by atoms with Crippen molar-refractivity contribution >= 4 is 23.5 Å². The number of rotatable bonds is 6. The van der Waals surface area contributed by atoms with Crippen LogP contribution < -0.4 is 10.6 Å². The normalized spacial score (nSPS) is 18.6. The van der Waals surface area contributed by atoms with Crippen LogP contribution in [0, 0.1) is 19.8 Å². The summed E-state index contributed by atoms with van der Waals surface area (Å²) in [6.45, 7) is 7.66. The number of amides is 4. The Bertz CT molecular complexity index is 1320. The summed E-state index contributed by atoms with van der Waals surface area (Å²) < 4.78 is 41.5. The summed E-state index contributed by atoms with van der Waals surface area (Å²) in [5, 5.41) is 5.45. The van der Waals surface area contributed by atoms with Crippen LogP contribution in [0.4, 0.5) is 23.7 Å². The molecule has 0 fully saturated rings. The minimum Gasteiger partial charge on any atom is -0.326 e. The Morgan fingerprint density at radius 3 is 2.42 bits per heavy atom. The molecule has 2 unspecified atom stereocenters. The molecule has 2 aliphatic rings. The van der Waals surface area contributed by atoms with Gasteiger partial charge in [0.25, 0.3) is 5.91 Å². The molecular formula is C28H31F3N4O3. The topological polar surface area (TPSA) is 81.8 Å². The maximum Gasteiger partial charge on any atom is 0.416 e. The second kappa shape index (κ2) is 10.2. The van der Waals surface area contributed by atoms with E-state index >= 15 is 0 Å². The SMILES string of the molecule is Cc1ccc(NC(=O)C(CC(C)C)N2CC3=C(C2=O)C(c2ccccc2C(F)(F)F)NC(=O)N3C)cc1C. The zero-order valence-electron chi connectivity index (χ0n) is 21.9. The van der Waals surface area contributed by atoms with Gasteiger partial charge >= 0.3 is 12.2 Å². The number of nitrogens with one attached hydrogen (secondary N) is 2. The number of nitrogens with zero attached hydrogens (tertiary/aromatic N) is 2. The van der Waals surface area contributed by atoms with Crippen molar-refractivity contribution in [1.82, 2.24) is 15.1 Å². The van der Waals surface area contributed by atoms with Gasteiger partial charge < -0.3 is 15.5 Å². The summed E-state index contributed by atoms with van der Waals surface area (Å²) in [7, 11) is 1.46. The molecule has 38 heavy (non-hydrogen) atoms. The van der Waals surface area contributed by atoms with Gasteiger partial charge in [-0.25, -0.2) is 4.79 Å². The van der Waals surface area contributed by atoms with Crippen molar-refractivity contribution in [3.8, 4) is 0 Å². The number of anilines is 1. The number of hydrogen-bond donors (Lipinski definition) is 2. The lowest BCUT2D eigenvalue weighted by molar-refractivity contribution is -0.138. The van der Waals surface area contributed by atoms with Crippen LogP contribution >= 0.6 is 0 Å². The first-order valence-corrected chi connectivity index (χ1v) is 12.4. The fourth-order valence-electron chi connectivity index (χ4n) is 4.95. The van der Waals surface area contributed by atoms with E-state index in [1.807, 2.05) is 39.8 Å². The van der Waals surface area contributed by atoms with Crippen molar-refractivity contribution in [3.05, 3.63) is 76.0 Å². The molecule has 0 spiro atoms. The monoisotopic (exact) mass is 528 g/mol. The molecule has 2 N–H and O–H groups in total. The van der Waals surface area contributed by atoms with Crippen LogP contribution in [0.15, 0.2) is 53.7 Å². The van der Waals surface area contributed by atoms with E-state index in [1.165, 1.54) is 35.0 Å². The Labute approximate surface area is 219 Å². The first-order chi connectivity index (χ1) is 17.8. The Balaban J connectivity index is 1.71. The Hall–Kier alpha value is -3.82. The Morgan fingerprint density at radius 2 is 1.79 bits per heavy atom. The van der Waals surface area contributed by atoms with Gasteiger partial charge in [0.05, 0.1) is 29.4 Å². The van der Waals surface area contributed by atoms with E-state index in [0.717, 1.165) is 17.2 Å². The minimum absolute atomic E-state index is 0.0372. The number of carbonyl (C=O) groups is 3. The molecule has 2 heterocycles. The highest BCUT2D eigenvalue weighted by molar-refractivity contribution is 6.05. The lowest BCUT2D eigenvalue weighted by atomic mass is 9.91. The number of hydrogen-bond acceptors (Lipinski definition) is 3. The molecule has 2 atom stereocenters. The standard InChI is InChI=1S/C28H31F3N4O3/c1-15(2)12-21(25(36)32-18-11-10-16(3)17(4)13-18)35-14-22-23(26(35)37)24(33-27(38)34(22)5)19-8-6-7-9-20(19)28(29,30)31/h6-11,13,15,21,24H,12,14H2,1-5H3,(H,32,36)(H,33,38). The van der Waals surface area contributed by atoms with Crippen LogP contribution in [-0.4, -0.2) is 47.3 Å². The summed E-state index contributed by atoms with van der Waals surface area (Å²) >= 11 is 0. The summed E-state index contributed by atoms with van der Waals surface area (Å²) in [6, 6.07) is 7.58. The van der Waals surface area contributed by atoms with E-state index in [2.05, 4.69) is 10.6 Å². The summed E-state index contributed by atoms with van der Waals surface area (Å²) in [4.78, 5) is 42.7. The van der Waals surface area contributed by atoms with Crippen molar-refractivity contribution in [2.24, 2.45) is 5.92 Å². The molecule has 0 saturated carbocycles. The minimum atomic E-state index is -4.68. The van der Waals surface area contributed by atoms with Crippen molar-refractivity contribution in [2.45, 2.75) is 52.4 Å². The van der Waals surface area contributed by atoms with Gasteiger partial charge in [0.1, 0.15) is 6.04 Å². The van der Waals surface area contributed by atoms with Crippen LogP contribution in [0.25, 0.3) is 0 Å². The average molecular weight is 529 g/mol. The van der Waals surface area contributed by atoms with Gasteiger partial charge in [0.15, 0.2) is 0 Å². The zero-order valence-corrected chi connectivity index (χ0v) is 21.9. The molecule has 202 valence electrons. The maximum atomic E-state index is 13.8. The van der Waals surface area contributed by atoms with Crippen molar-refractivity contribution < 1.29 is 27.6 Å². The number of carbonyl (C=O) groups excluding carboxylic acids is 3. The second-order valence-corrected chi connectivity index (χ2v) is 10.3. The number of likely N-dealkylation sites (N-methyl/N-ethyl adjacent to an activating group) is 1. The highest BCUT2D eigenvalue weighted by atomic mass is 19.4. The predicted octanol–water partition coefficient (Wildman–Crippen LogP) is 5.17. The molecule has 0 aliphatic carbocycles. The van der Waals surface area contributed by atoms with Crippen molar-refractivity contribution in [2.75, 3.05) is 18.9 Å². The van der Waals surface area contributed by atoms with Crippen molar-refractivity contribution in [3.63, 3.8) is 0 Å². The molecule has 10 heteroatoms. The number of aryl methyl sites for hydroxylation is 2. The number of benzene rings is 2. The molecule has 4 amide bonds. The molecule has 4 rings (SSSR count). The number of halogens is 3. The quantitative estimate of drug-likeness (QED) is 0.543. The molecular weight excluding hydrogens is 497 g/mol.